The zero-order valence-electron chi connectivity index (χ0n) is 8.62. The first kappa shape index (κ1) is 12.8. The van der Waals surface area contributed by atoms with Gasteiger partial charge in [-0.1, -0.05) is 6.92 Å². The van der Waals surface area contributed by atoms with Crippen LogP contribution < -0.4 is 0 Å². The van der Waals surface area contributed by atoms with Crippen LogP contribution in [0.4, 0.5) is 13.2 Å². The number of amides is 1. The Bertz CT molecular complexity index is 303. The van der Waals surface area contributed by atoms with E-state index in [0.29, 0.717) is 11.3 Å². The molecule has 1 saturated heterocycles. The fourth-order valence-corrected chi connectivity index (χ4v) is 1.92. The summed E-state index contributed by atoms with van der Waals surface area (Å²) in [6.07, 6.45) is -4.89. The highest BCUT2D eigenvalue weighted by Gasteiger charge is 2.57. The number of carbonyl (C=O) groups excluding carboxylic acids is 1. The van der Waals surface area contributed by atoms with E-state index in [1.807, 2.05) is 0 Å². The molecule has 2 atom stereocenters. The average Bonchev–Trinajstić information content (AvgIpc) is 2.44. The number of carbonyl (C=O) groups is 2. The highest BCUT2D eigenvalue weighted by atomic mass is 19.4. The van der Waals surface area contributed by atoms with Gasteiger partial charge in [0.25, 0.3) is 0 Å². The molecular formula is C9H12F3NO3. The molecule has 92 valence electrons. The van der Waals surface area contributed by atoms with Gasteiger partial charge in [-0.05, 0) is 6.42 Å². The van der Waals surface area contributed by atoms with Crippen molar-refractivity contribution in [1.82, 2.24) is 4.90 Å². The molecule has 0 radical (unpaired) electrons. The first-order valence-corrected chi connectivity index (χ1v) is 4.88. The van der Waals surface area contributed by atoms with Gasteiger partial charge in [0, 0.05) is 13.0 Å². The fraction of sp³-hybridized carbons (Fsp3) is 0.778. The van der Waals surface area contributed by atoms with Crippen molar-refractivity contribution in [2.45, 2.75) is 32.0 Å². The van der Waals surface area contributed by atoms with Crippen LogP contribution in [0.2, 0.25) is 0 Å². The van der Waals surface area contributed by atoms with Crippen molar-refractivity contribution in [3.8, 4) is 0 Å². The van der Waals surface area contributed by atoms with Crippen LogP contribution in [0.25, 0.3) is 0 Å². The maximum absolute atomic E-state index is 12.7. The summed E-state index contributed by atoms with van der Waals surface area (Å²) >= 11 is 0. The van der Waals surface area contributed by atoms with E-state index in [-0.39, 0.29) is 6.54 Å². The number of rotatable bonds is 3. The van der Waals surface area contributed by atoms with Crippen LogP contribution in [-0.2, 0) is 9.59 Å². The Morgan fingerprint density at radius 2 is 2.12 bits per heavy atom. The largest absolute Gasteiger partial charge is 0.481 e. The summed E-state index contributed by atoms with van der Waals surface area (Å²) < 4.78 is 38.0. The SMILES string of the molecule is CCCN1C(=O)C[C@H](C(=O)O)[C@H]1C(F)(F)F. The van der Waals surface area contributed by atoms with Crippen LogP contribution in [0.5, 0.6) is 0 Å². The van der Waals surface area contributed by atoms with Crippen molar-refractivity contribution < 1.29 is 27.9 Å². The molecule has 16 heavy (non-hydrogen) atoms. The van der Waals surface area contributed by atoms with E-state index in [2.05, 4.69) is 0 Å². The monoisotopic (exact) mass is 239 g/mol. The molecule has 0 saturated carbocycles. The standard InChI is InChI=1S/C9H12F3NO3/c1-2-3-13-6(14)4-5(8(15)16)7(13)9(10,11)12/h5,7H,2-4H2,1H3,(H,15,16)/t5-,7-/m0/s1. The van der Waals surface area contributed by atoms with Gasteiger partial charge in [-0.15, -0.1) is 0 Å². The van der Waals surface area contributed by atoms with Gasteiger partial charge in [0.15, 0.2) is 0 Å². The number of likely N-dealkylation sites (tertiary alicyclic amines) is 1. The Balaban J connectivity index is 3.00. The summed E-state index contributed by atoms with van der Waals surface area (Å²) in [7, 11) is 0. The molecule has 1 aliphatic heterocycles. The molecule has 7 heteroatoms. The van der Waals surface area contributed by atoms with Gasteiger partial charge in [-0.3, -0.25) is 9.59 Å². The van der Waals surface area contributed by atoms with Crippen molar-refractivity contribution in [3.05, 3.63) is 0 Å². The smallest absolute Gasteiger partial charge is 0.409 e. The fourth-order valence-electron chi connectivity index (χ4n) is 1.92. The van der Waals surface area contributed by atoms with Gasteiger partial charge in [0.1, 0.15) is 6.04 Å². The van der Waals surface area contributed by atoms with Gasteiger partial charge in [-0.2, -0.15) is 13.2 Å². The lowest BCUT2D eigenvalue weighted by molar-refractivity contribution is -0.193. The summed E-state index contributed by atoms with van der Waals surface area (Å²) in [4.78, 5) is 22.6. The molecule has 0 spiro atoms. The summed E-state index contributed by atoms with van der Waals surface area (Å²) in [5, 5.41) is 8.67. The van der Waals surface area contributed by atoms with E-state index in [4.69, 9.17) is 5.11 Å². The van der Waals surface area contributed by atoms with E-state index in [1.54, 1.807) is 6.92 Å². The predicted octanol–water partition coefficient (Wildman–Crippen LogP) is 1.26. The summed E-state index contributed by atoms with van der Waals surface area (Å²) in [5.74, 6) is -4.00. The number of nitrogens with zero attached hydrogens (tertiary/aromatic N) is 1. The van der Waals surface area contributed by atoms with Crippen LogP contribution in [0.15, 0.2) is 0 Å². The summed E-state index contributed by atoms with van der Waals surface area (Å²) in [6, 6.07) is -2.18. The second-order valence-corrected chi connectivity index (χ2v) is 3.72. The quantitative estimate of drug-likeness (QED) is 0.806. The summed E-state index contributed by atoms with van der Waals surface area (Å²) in [6.45, 7) is 1.57. The average molecular weight is 239 g/mol. The van der Waals surface area contributed by atoms with Crippen molar-refractivity contribution >= 4 is 11.9 Å². The van der Waals surface area contributed by atoms with Crippen LogP contribution in [0, 0.1) is 5.92 Å². The normalized spacial score (nSPS) is 26.2. The molecule has 1 N–H and O–H groups in total. The van der Waals surface area contributed by atoms with Gasteiger partial charge >= 0.3 is 12.1 Å². The predicted molar refractivity (Wildman–Crippen MR) is 47.6 cm³/mol. The number of alkyl halides is 3. The lowest BCUT2D eigenvalue weighted by Gasteiger charge is -2.28. The minimum absolute atomic E-state index is 0.0627. The molecular weight excluding hydrogens is 227 g/mol. The molecule has 1 heterocycles. The number of hydrogen-bond acceptors (Lipinski definition) is 2. The first-order valence-electron chi connectivity index (χ1n) is 4.88. The molecule has 1 fully saturated rings. The third-order valence-electron chi connectivity index (χ3n) is 2.55. The maximum atomic E-state index is 12.7. The van der Waals surface area contributed by atoms with Crippen LogP contribution in [0.3, 0.4) is 0 Å². The maximum Gasteiger partial charge on any atom is 0.409 e. The Morgan fingerprint density at radius 3 is 2.50 bits per heavy atom. The second-order valence-electron chi connectivity index (χ2n) is 3.72. The van der Waals surface area contributed by atoms with Gasteiger partial charge in [0.2, 0.25) is 5.91 Å². The molecule has 0 aliphatic carbocycles. The third kappa shape index (κ3) is 2.28. The topological polar surface area (TPSA) is 57.6 Å². The number of hydrogen-bond donors (Lipinski definition) is 1. The molecule has 0 unspecified atom stereocenters. The zero-order valence-corrected chi connectivity index (χ0v) is 8.62. The summed E-state index contributed by atoms with van der Waals surface area (Å²) in [5.41, 5.74) is 0. The Kier molecular flexibility index (Phi) is 3.44. The number of carboxylic acids is 1. The van der Waals surface area contributed by atoms with Crippen molar-refractivity contribution in [1.29, 1.82) is 0 Å². The van der Waals surface area contributed by atoms with Crippen molar-refractivity contribution in [2.24, 2.45) is 5.92 Å². The first-order chi connectivity index (χ1) is 7.29. The van der Waals surface area contributed by atoms with Crippen LogP contribution in [-0.4, -0.2) is 40.6 Å². The van der Waals surface area contributed by atoms with Gasteiger partial charge in [0.05, 0.1) is 5.92 Å². The van der Waals surface area contributed by atoms with E-state index in [9.17, 15) is 22.8 Å². The van der Waals surface area contributed by atoms with E-state index in [1.165, 1.54) is 0 Å². The Morgan fingerprint density at radius 1 is 1.56 bits per heavy atom. The molecule has 1 rings (SSSR count). The van der Waals surface area contributed by atoms with Gasteiger partial charge in [-0.25, -0.2) is 0 Å². The number of halogens is 3. The minimum Gasteiger partial charge on any atom is -0.481 e. The van der Waals surface area contributed by atoms with Crippen LogP contribution >= 0.6 is 0 Å². The molecule has 0 bridgehead atoms. The minimum atomic E-state index is -4.69. The van der Waals surface area contributed by atoms with Crippen molar-refractivity contribution in [3.63, 3.8) is 0 Å². The lowest BCUT2D eigenvalue weighted by Crippen LogP contribution is -2.47. The van der Waals surface area contributed by atoms with E-state index >= 15 is 0 Å². The second kappa shape index (κ2) is 4.31. The van der Waals surface area contributed by atoms with Gasteiger partial charge < -0.3 is 10.0 Å². The molecule has 0 aromatic heterocycles. The highest BCUT2D eigenvalue weighted by Crippen LogP contribution is 2.37. The van der Waals surface area contributed by atoms with Crippen molar-refractivity contribution in [2.75, 3.05) is 6.54 Å². The van der Waals surface area contributed by atoms with E-state index < -0.39 is 36.4 Å². The third-order valence-corrected chi connectivity index (χ3v) is 2.55. The number of aliphatic carboxylic acids is 1. The lowest BCUT2D eigenvalue weighted by atomic mass is 10.0. The molecule has 1 aliphatic rings. The Labute approximate surface area is 90.0 Å². The van der Waals surface area contributed by atoms with Crippen LogP contribution in [0.1, 0.15) is 19.8 Å². The Hall–Kier alpha value is -1.27. The highest BCUT2D eigenvalue weighted by molar-refractivity contribution is 5.87. The molecule has 0 aromatic rings. The molecule has 4 nitrogen and oxygen atoms in total. The zero-order chi connectivity index (χ0) is 12.5. The molecule has 0 aromatic carbocycles. The molecule has 1 amide bonds. The number of carboxylic acid groups (broad SMARTS) is 1. The van der Waals surface area contributed by atoms with E-state index in [0.717, 1.165) is 0 Å².